The molecule has 1 aliphatic rings. The van der Waals surface area contributed by atoms with E-state index in [1.807, 2.05) is 0 Å². The molecule has 0 spiro atoms. The first kappa shape index (κ1) is 20.6. The van der Waals surface area contributed by atoms with Crippen molar-refractivity contribution >= 4 is 31.6 Å². The summed E-state index contributed by atoms with van der Waals surface area (Å²) in [6.45, 7) is 0. The number of benzene rings is 5. The first-order valence-electron chi connectivity index (χ1n) is 12.4. The molecular weight excluding hydrogens is 468 g/mol. The molecule has 0 atom stereocenters. The summed E-state index contributed by atoms with van der Waals surface area (Å²) in [4.78, 5) is 9.46. The van der Waals surface area contributed by atoms with Crippen LogP contribution in [0.25, 0.3) is 76.1 Å². The van der Waals surface area contributed by atoms with Gasteiger partial charge in [0, 0.05) is 15.6 Å². The fourth-order valence-electron chi connectivity index (χ4n) is 5.44. The van der Waals surface area contributed by atoms with Crippen molar-refractivity contribution in [1.82, 2.24) is 9.97 Å². The highest BCUT2D eigenvalue weighted by Crippen LogP contribution is 2.41. The standard InChI is InChI=1S/C34H20N2S/c1-5-21-15-22(6-1)24-8-3-10-26(17-24)28-13-14-30-31(19-28)37-34-32(35-20-36-33(30)34)29-12-4-11-27(18-29)25-9-2-7-23(21)16-25/h1-20H. The zero-order valence-corrected chi connectivity index (χ0v) is 20.7. The van der Waals surface area contributed by atoms with Gasteiger partial charge in [-0.1, -0.05) is 84.9 Å². The maximum Gasteiger partial charge on any atom is 0.116 e. The van der Waals surface area contributed by atoms with Gasteiger partial charge in [-0.25, -0.2) is 9.97 Å². The molecule has 0 aliphatic carbocycles. The molecule has 37 heavy (non-hydrogen) atoms. The van der Waals surface area contributed by atoms with Crippen LogP contribution in [0.15, 0.2) is 122 Å². The maximum atomic E-state index is 4.76. The molecule has 0 amide bonds. The fourth-order valence-corrected chi connectivity index (χ4v) is 6.65. The molecule has 2 aromatic heterocycles. The van der Waals surface area contributed by atoms with Crippen molar-refractivity contribution in [2.24, 2.45) is 0 Å². The van der Waals surface area contributed by atoms with Crippen LogP contribution in [0, 0.1) is 0 Å². The Labute approximate surface area is 218 Å². The Hall–Kier alpha value is -4.60. The van der Waals surface area contributed by atoms with Gasteiger partial charge in [0.15, 0.2) is 0 Å². The smallest absolute Gasteiger partial charge is 0.116 e. The van der Waals surface area contributed by atoms with Gasteiger partial charge >= 0.3 is 0 Å². The van der Waals surface area contributed by atoms with Gasteiger partial charge in [0.2, 0.25) is 0 Å². The van der Waals surface area contributed by atoms with Crippen molar-refractivity contribution in [3.63, 3.8) is 0 Å². The molecule has 0 N–H and O–H groups in total. The van der Waals surface area contributed by atoms with Gasteiger partial charge in [0.25, 0.3) is 0 Å². The molecule has 1 aliphatic heterocycles. The normalized spacial score (nSPS) is 11.8. The predicted molar refractivity (Wildman–Crippen MR) is 156 cm³/mol. The number of hydrogen-bond donors (Lipinski definition) is 0. The maximum absolute atomic E-state index is 4.76. The molecule has 172 valence electrons. The Morgan fingerprint density at radius 1 is 0.432 bits per heavy atom. The van der Waals surface area contributed by atoms with Crippen molar-refractivity contribution in [3.8, 4) is 55.8 Å². The molecule has 0 radical (unpaired) electrons. The Balaban J connectivity index is 1.47. The van der Waals surface area contributed by atoms with Crippen LogP contribution in [-0.2, 0) is 0 Å². The van der Waals surface area contributed by atoms with Gasteiger partial charge in [-0.15, -0.1) is 11.3 Å². The minimum atomic E-state index is 0.988. The van der Waals surface area contributed by atoms with Gasteiger partial charge in [-0.05, 0) is 74.8 Å². The number of fused-ring (bicyclic) bond motifs is 15. The molecule has 2 nitrogen and oxygen atoms in total. The first-order valence-corrected chi connectivity index (χ1v) is 13.2. The largest absolute Gasteiger partial charge is 0.235 e. The van der Waals surface area contributed by atoms with E-state index >= 15 is 0 Å². The quantitative estimate of drug-likeness (QED) is 0.212. The molecular formula is C34H20N2S. The lowest BCUT2D eigenvalue weighted by Gasteiger charge is -2.11. The van der Waals surface area contributed by atoms with Crippen LogP contribution in [0.1, 0.15) is 0 Å². The zero-order valence-electron chi connectivity index (χ0n) is 19.8. The third kappa shape index (κ3) is 3.32. The monoisotopic (exact) mass is 488 g/mol. The number of nitrogens with zero attached hydrogens (tertiary/aromatic N) is 2. The van der Waals surface area contributed by atoms with Crippen molar-refractivity contribution in [3.05, 3.63) is 122 Å². The first-order chi connectivity index (χ1) is 18.3. The second-order valence-corrected chi connectivity index (χ2v) is 10.6. The van der Waals surface area contributed by atoms with E-state index in [9.17, 15) is 0 Å². The van der Waals surface area contributed by atoms with Crippen LogP contribution in [0.4, 0.5) is 0 Å². The second-order valence-electron chi connectivity index (χ2n) is 9.54. The molecule has 3 heterocycles. The number of rotatable bonds is 0. The number of thiophene rings is 1. The van der Waals surface area contributed by atoms with E-state index < -0.39 is 0 Å². The summed E-state index contributed by atoms with van der Waals surface area (Å²) in [6.07, 6.45) is 1.70. The van der Waals surface area contributed by atoms with Gasteiger partial charge in [0.1, 0.15) is 6.33 Å². The lowest BCUT2D eigenvalue weighted by atomic mass is 9.94. The number of hydrogen-bond acceptors (Lipinski definition) is 3. The van der Waals surface area contributed by atoms with Crippen LogP contribution >= 0.6 is 11.3 Å². The molecule has 0 unspecified atom stereocenters. The lowest BCUT2D eigenvalue weighted by molar-refractivity contribution is 1.24. The summed E-state index contributed by atoms with van der Waals surface area (Å²) in [5.74, 6) is 0. The molecule has 0 fully saturated rings. The Morgan fingerprint density at radius 3 is 1.43 bits per heavy atom. The molecule has 5 aromatic carbocycles. The highest BCUT2D eigenvalue weighted by atomic mass is 32.1. The van der Waals surface area contributed by atoms with E-state index in [-0.39, 0.29) is 0 Å². The van der Waals surface area contributed by atoms with Crippen LogP contribution in [0.5, 0.6) is 0 Å². The fraction of sp³-hybridized carbons (Fsp3) is 0. The summed E-state index contributed by atoms with van der Waals surface area (Å²) in [5, 5.41) is 1.18. The van der Waals surface area contributed by atoms with Crippen LogP contribution in [-0.4, -0.2) is 9.97 Å². The lowest BCUT2D eigenvalue weighted by Crippen LogP contribution is -1.87. The van der Waals surface area contributed by atoms with Crippen molar-refractivity contribution in [1.29, 1.82) is 0 Å². The van der Waals surface area contributed by atoms with E-state index in [1.165, 1.54) is 54.6 Å². The minimum Gasteiger partial charge on any atom is -0.235 e. The molecule has 3 heteroatoms. The summed E-state index contributed by atoms with van der Waals surface area (Å²) in [7, 11) is 0. The molecule has 0 saturated heterocycles. The Kier molecular flexibility index (Phi) is 4.42. The van der Waals surface area contributed by atoms with E-state index in [1.54, 1.807) is 17.7 Å². The highest BCUT2D eigenvalue weighted by Gasteiger charge is 2.15. The SMILES string of the molecule is c1cc2cc(c1)-c1cccc(c1)-c1ccc3c(c1)sc1c(ncnc13)-c1cccc(c1)-c1cccc-2c1. The third-order valence-corrected chi connectivity index (χ3v) is 8.46. The summed E-state index contributed by atoms with van der Waals surface area (Å²) in [6, 6.07) is 41.9. The summed E-state index contributed by atoms with van der Waals surface area (Å²) < 4.78 is 2.36. The average molecular weight is 489 g/mol. The van der Waals surface area contributed by atoms with E-state index in [4.69, 9.17) is 9.97 Å². The molecule has 8 rings (SSSR count). The van der Waals surface area contributed by atoms with Crippen LogP contribution in [0.2, 0.25) is 0 Å². The van der Waals surface area contributed by atoms with Gasteiger partial charge in [-0.2, -0.15) is 0 Å². The molecule has 11 bridgehead atoms. The van der Waals surface area contributed by atoms with Crippen LogP contribution in [0.3, 0.4) is 0 Å². The van der Waals surface area contributed by atoms with E-state index in [2.05, 4.69) is 115 Å². The van der Waals surface area contributed by atoms with E-state index in [0.29, 0.717) is 0 Å². The van der Waals surface area contributed by atoms with Crippen molar-refractivity contribution < 1.29 is 0 Å². The topological polar surface area (TPSA) is 25.8 Å². The predicted octanol–water partition coefficient (Wildman–Crippen LogP) is 9.49. The third-order valence-electron chi connectivity index (χ3n) is 7.31. The van der Waals surface area contributed by atoms with Gasteiger partial charge < -0.3 is 0 Å². The van der Waals surface area contributed by atoms with Crippen molar-refractivity contribution in [2.75, 3.05) is 0 Å². The number of aromatic nitrogens is 2. The second kappa shape index (κ2) is 7.95. The molecule has 7 aromatic rings. The Morgan fingerprint density at radius 2 is 0.892 bits per heavy atom. The molecule has 0 saturated carbocycles. The van der Waals surface area contributed by atoms with Crippen molar-refractivity contribution in [2.45, 2.75) is 0 Å². The summed E-state index contributed by atoms with van der Waals surface area (Å²) in [5.41, 5.74) is 12.8. The van der Waals surface area contributed by atoms with Crippen LogP contribution < -0.4 is 0 Å². The average Bonchev–Trinajstić information content (AvgIpc) is 3.35. The Bertz CT molecular complexity index is 2000. The van der Waals surface area contributed by atoms with Gasteiger partial charge in [0.05, 0.1) is 15.9 Å². The minimum absolute atomic E-state index is 0.988. The highest BCUT2D eigenvalue weighted by molar-refractivity contribution is 7.26. The summed E-state index contributed by atoms with van der Waals surface area (Å²) >= 11 is 1.78. The van der Waals surface area contributed by atoms with E-state index in [0.717, 1.165) is 21.5 Å². The zero-order chi connectivity index (χ0) is 24.3. The van der Waals surface area contributed by atoms with Gasteiger partial charge in [-0.3, -0.25) is 0 Å².